The lowest BCUT2D eigenvalue weighted by atomic mass is 9.90. The number of allylic oxidation sites excluding steroid dienone is 1. The van der Waals surface area contributed by atoms with Crippen LogP contribution in [0.4, 0.5) is 0 Å². The van der Waals surface area contributed by atoms with E-state index in [1.165, 1.54) is 11.8 Å². The van der Waals surface area contributed by atoms with Crippen LogP contribution in [0.2, 0.25) is 0 Å². The standard InChI is InChI=1S/C24H29N3O3S/c1-7-11-30-23(29)21-17(5)25-24-27(18(14-31-24)13-20(28)26(6)8-2)22(21)19-10-9-15(3)12-16(19)4/h7,9-10,12,14,22H,1,8,11,13H2,2-6H3/t22-/m0/s1. The molecular weight excluding hydrogens is 410 g/mol. The summed E-state index contributed by atoms with van der Waals surface area (Å²) in [6.45, 7) is 12.3. The number of hydrogen-bond donors (Lipinski definition) is 0. The SMILES string of the molecule is C=CCOC(=O)C1=C(C)N=C2SC=C(CC(=O)N(C)CC)N2[C@H]1c1ccc(C)cc1C. The van der Waals surface area contributed by atoms with Gasteiger partial charge in [-0.3, -0.25) is 4.79 Å². The molecule has 0 saturated heterocycles. The van der Waals surface area contributed by atoms with Crippen LogP contribution in [0.3, 0.4) is 0 Å². The van der Waals surface area contributed by atoms with Gasteiger partial charge < -0.3 is 14.5 Å². The lowest BCUT2D eigenvalue weighted by molar-refractivity contribution is -0.138. The van der Waals surface area contributed by atoms with Crippen molar-refractivity contribution in [1.82, 2.24) is 9.80 Å². The van der Waals surface area contributed by atoms with E-state index in [4.69, 9.17) is 4.74 Å². The summed E-state index contributed by atoms with van der Waals surface area (Å²) < 4.78 is 5.42. The molecule has 0 radical (unpaired) electrons. The largest absolute Gasteiger partial charge is 0.458 e. The van der Waals surface area contributed by atoms with Crippen molar-refractivity contribution in [2.75, 3.05) is 20.2 Å². The summed E-state index contributed by atoms with van der Waals surface area (Å²) in [5.41, 5.74) is 5.16. The van der Waals surface area contributed by atoms with Crippen molar-refractivity contribution in [3.8, 4) is 0 Å². The maximum Gasteiger partial charge on any atom is 0.338 e. The van der Waals surface area contributed by atoms with Gasteiger partial charge in [0.15, 0.2) is 5.17 Å². The van der Waals surface area contributed by atoms with Gasteiger partial charge in [0.1, 0.15) is 6.61 Å². The minimum atomic E-state index is -0.418. The van der Waals surface area contributed by atoms with Crippen LogP contribution in [0.25, 0.3) is 0 Å². The van der Waals surface area contributed by atoms with Crippen LogP contribution in [0.15, 0.2) is 58.2 Å². The van der Waals surface area contributed by atoms with Gasteiger partial charge in [-0.1, -0.05) is 48.2 Å². The second-order valence-corrected chi connectivity index (χ2v) is 8.56. The first-order valence-electron chi connectivity index (χ1n) is 10.3. The molecule has 0 fully saturated rings. The van der Waals surface area contributed by atoms with Crippen molar-refractivity contribution in [1.29, 1.82) is 0 Å². The molecule has 7 heteroatoms. The van der Waals surface area contributed by atoms with Gasteiger partial charge in [-0.15, -0.1) is 0 Å². The van der Waals surface area contributed by atoms with Crippen molar-refractivity contribution in [2.45, 2.75) is 40.2 Å². The lowest BCUT2D eigenvalue weighted by Crippen LogP contribution is -2.38. The average molecular weight is 440 g/mol. The minimum absolute atomic E-state index is 0.0250. The van der Waals surface area contributed by atoms with E-state index in [1.54, 1.807) is 18.0 Å². The molecule has 31 heavy (non-hydrogen) atoms. The fourth-order valence-corrected chi connectivity index (χ4v) is 4.70. The molecule has 2 aliphatic rings. The molecule has 1 aromatic carbocycles. The number of hydrogen-bond acceptors (Lipinski definition) is 6. The number of aryl methyl sites for hydroxylation is 2. The van der Waals surface area contributed by atoms with Gasteiger partial charge in [0.05, 0.1) is 23.7 Å². The van der Waals surface area contributed by atoms with E-state index in [2.05, 4.69) is 17.6 Å². The highest BCUT2D eigenvalue weighted by Crippen LogP contribution is 2.45. The summed E-state index contributed by atoms with van der Waals surface area (Å²) in [6, 6.07) is 5.78. The Morgan fingerprint density at radius 1 is 1.32 bits per heavy atom. The molecule has 0 bridgehead atoms. The molecular formula is C24H29N3O3S. The minimum Gasteiger partial charge on any atom is -0.458 e. The topological polar surface area (TPSA) is 62.2 Å². The van der Waals surface area contributed by atoms with E-state index in [0.29, 0.717) is 17.8 Å². The third-order valence-corrected chi connectivity index (χ3v) is 6.39. The van der Waals surface area contributed by atoms with E-state index in [-0.39, 0.29) is 18.9 Å². The predicted molar refractivity (Wildman–Crippen MR) is 125 cm³/mol. The number of amides is 1. The molecule has 0 aliphatic carbocycles. The van der Waals surface area contributed by atoms with Gasteiger partial charge in [-0.25, -0.2) is 9.79 Å². The van der Waals surface area contributed by atoms with Crippen LogP contribution in [-0.2, 0) is 14.3 Å². The first-order valence-corrected chi connectivity index (χ1v) is 11.2. The van der Waals surface area contributed by atoms with E-state index in [1.807, 2.05) is 50.1 Å². The Bertz CT molecular complexity index is 1010. The van der Waals surface area contributed by atoms with Gasteiger partial charge >= 0.3 is 5.97 Å². The zero-order valence-electron chi connectivity index (χ0n) is 18.8. The Labute approximate surface area is 188 Å². The van der Waals surface area contributed by atoms with Crippen LogP contribution in [0, 0.1) is 13.8 Å². The zero-order valence-corrected chi connectivity index (χ0v) is 19.6. The number of aliphatic imine (C=N–C) groups is 1. The van der Waals surface area contributed by atoms with Crippen LogP contribution >= 0.6 is 11.8 Å². The summed E-state index contributed by atoms with van der Waals surface area (Å²) in [5, 5.41) is 2.73. The lowest BCUT2D eigenvalue weighted by Gasteiger charge is -2.37. The maximum atomic E-state index is 13.1. The van der Waals surface area contributed by atoms with Crippen LogP contribution in [0.1, 0.15) is 43.0 Å². The van der Waals surface area contributed by atoms with E-state index in [9.17, 15) is 9.59 Å². The first-order chi connectivity index (χ1) is 14.8. The van der Waals surface area contributed by atoms with E-state index >= 15 is 0 Å². The molecule has 3 rings (SSSR count). The summed E-state index contributed by atoms with van der Waals surface area (Å²) >= 11 is 1.48. The Hall–Kier alpha value is -2.80. The third kappa shape index (κ3) is 4.61. The van der Waals surface area contributed by atoms with E-state index < -0.39 is 12.0 Å². The monoisotopic (exact) mass is 439 g/mol. The number of rotatable bonds is 7. The van der Waals surface area contributed by atoms with Crippen molar-refractivity contribution < 1.29 is 14.3 Å². The van der Waals surface area contributed by atoms with Crippen molar-refractivity contribution in [3.05, 3.63) is 69.9 Å². The Morgan fingerprint density at radius 2 is 2.06 bits per heavy atom. The van der Waals surface area contributed by atoms with Gasteiger partial charge in [0.2, 0.25) is 5.91 Å². The molecule has 1 atom stereocenters. The third-order valence-electron chi connectivity index (χ3n) is 5.51. The highest BCUT2D eigenvalue weighted by Gasteiger charge is 2.41. The summed E-state index contributed by atoms with van der Waals surface area (Å²) in [6.07, 6.45) is 1.79. The molecule has 164 valence electrons. The Kier molecular flexibility index (Phi) is 7.05. The van der Waals surface area contributed by atoms with Gasteiger partial charge in [0.25, 0.3) is 0 Å². The number of carbonyl (C=O) groups is 2. The number of ether oxygens (including phenoxy) is 1. The molecule has 0 spiro atoms. The first kappa shape index (κ1) is 22.9. The second kappa shape index (κ2) is 9.56. The number of fused-ring (bicyclic) bond motifs is 1. The van der Waals surface area contributed by atoms with Crippen molar-refractivity contribution in [2.24, 2.45) is 4.99 Å². The van der Waals surface area contributed by atoms with Crippen LogP contribution in [0.5, 0.6) is 0 Å². The molecule has 6 nitrogen and oxygen atoms in total. The fraction of sp³-hybridized carbons (Fsp3) is 0.375. The number of esters is 1. The Morgan fingerprint density at radius 3 is 2.71 bits per heavy atom. The zero-order chi connectivity index (χ0) is 22.7. The second-order valence-electron chi connectivity index (χ2n) is 7.72. The number of nitrogens with zero attached hydrogens (tertiary/aromatic N) is 3. The quantitative estimate of drug-likeness (QED) is 0.463. The van der Waals surface area contributed by atoms with Crippen LogP contribution in [-0.4, -0.2) is 47.0 Å². The summed E-state index contributed by atoms with van der Waals surface area (Å²) in [7, 11) is 1.79. The fourth-order valence-electron chi connectivity index (χ4n) is 3.74. The molecule has 0 unspecified atom stereocenters. The van der Waals surface area contributed by atoms with Gasteiger partial charge in [-0.2, -0.15) is 0 Å². The highest BCUT2D eigenvalue weighted by molar-refractivity contribution is 8.16. The molecule has 0 N–H and O–H groups in total. The summed E-state index contributed by atoms with van der Waals surface area (Å²) in [5.74, 6) is -0.393. The Balaban J connectivity index is 2.09. The van der Waals surface area contributed by atoms with Gasteiger partial charge in [-0.05, 0) is 44.2 Å². The molecule has 1 amide bonds. The van der Waals surface area contributed by atoms with Crippen molar-refractivity contribution >= 4 is 28.8 Å². The van der Waals surface area contributed by atoms with E-state index in [0.717, 1.165) is 27.6 Å². The van der Waals surface area contributed by atoms with Gasteiger partial charge in [0, 0.05) is 19.3 Å². The molecule has 2 heterocycles. The van der Waals surface area contributed by atoms with Crippen LogP contribution < -0.4 is 0 Å². The number of carbonyl (C=O) groups excluding carboxylic acids is 2. The molecule has 0 saturated carbocycles. The molecule has 2 aliphatic heterocycles. The predicted octanol–water partition coefficient (Wildman–Crippen LogP) is 4.48. The smallest absolute Gasteiger partial charge is 0.338 e. The number of benzene rings is 1. The number of amidine groups is 1. The average Bonchev–Trinajstić information content (AvgIpc) is 3.12. The normalized spacial score (nSPS) is 17.7. The summed E-state index contributed by atoms with van der Waals surface area (Å²) in [4.78, 5) is 34.1. The highest BCUT2D eigenvalue weighted by atomic mass is 32.2. The number of thioether (sulfide) groups is 1. The molecule has 1 aromatic rings. The van der Waals surface area contributed by atoms with Crippen molar-refractivity contribution in [3.63, 3.8) is 0 Å². The molecule has 0 aromatic heterocycles. The maximum absolute atomic E-state index is 13.1.